The number of alkyl halides is 1. The highest BCUT2D eigenvalue weighted by Gasteiger charge is 2.53. The molecule has 1 aliphatic carbocycles. The number of hydrogen-bond acceptors (Lipinski definition) is 6. The van der Waals surface area contributed by atoms with Gasteiger partial charge in [0.15, 0.2) is 10.8 Å². The number of hydrogen-bond donors (Lipinski definition) is 2. The predicted octanol–water partition coefficient (Wildman–Crippen LogP) is 4.32. The third-order valence-electron chi connectivity index (χ3n) is 6.41. The summed E-state index contributed by atoms with van der Waals surface area (Å²) >= 11 is 1.63. The van der Waals surface area contributed by atoms with E-state index in [9.17, 15) is 13.6 Å². The van der Waals surface area contributed by atoms with Crippen molar-refractivity contribution in [1.82, 2.24) is 4.98 Å². The number of ether oxygens (including phenoxy) is 1. The average molecular weight is 475 g/mol. The molecule has 0 radical (unpaired) electrons. The van der Waals surface area contributed by atoms with E-state index in [4.69, 9.17) is 15.5 Å². The molecule has 1 fully saturated rings. The molecule has 3 heterocycles. The Morgan fingerprint density at radius 2 is 1.94 bits per heavy atom. The molecule has 0 bridgehead atoms. The van der Waals surface area contributed by atoms with Crippen LogP contribution in [0.4, 0.5) is 8.78 Å². The van der Waals surface area contributed by atoms with Crippen LogP contribution in [-0.2, 0) is 10.3 Å². The van der Waals surface area contributed by atoms with E-state index in [0.29, 0.717) is 11.1 Å². The number of pyridine rings is 1. The van der Waals surface area contributed by atoms with Crippen LogP contribution in [0.15, 0.2) is 41.7 Å². The standard InChI is InChI=1S/C20H20FN3OS.C4H8FNO/c21-14-7-13(9-23-10-14)12-5-6-18-16(8-12)20(11-26-19(22)24-20)15-3-1-2-4-17(15)25-18;1-4(2,5)3(6)7/h5-10,15,17H,1-4,11H2,(H2,22,24);1-2H3,(H2,6,7)/t15?,17-,20?;/m0./s1. The van der Waals surface area contributed by atoms with Gasteiger partial charge in [-0.2, -0.15) is 0 Å². The lowest BCUT2D eigenvalue weighted by Gasteiger charge is -2.47. The smallest absolute Gasteiger partial charge is 0.254 e. The first-order chi connectivity index (χ1) is 15.6. The summed E-state index contributed by atoms with van der Waals surface area (Å²) in [5.74, 6) is 0.824. The molecule has 4 N–H and O–H groups in total. The fraction of sp³-hybridized carbons (Fsp3) is 0.458. The van der Waals surface area contributed by atoms with Crippen molar-refractivity contribution in [1.29, 1.82) is 0 Å². The van der Waals surface area contributed by atoms with Crippen LogP contribution in [0, 0.1) is 11.7 Å². The van der Waals surface area contributed by atoms with Gasteiger partial charge in [0.05, 0.1) is 6.20 Å². The lowest BCUT2D eigenvalue weighted by molar-refractivity contribution is -0.127. The van der Waals surface area contributed by atoms with E-state index in [-0.39, 0.29) is 17.5 Å². The molecular formula is C24H28F2N4O2S. The number of carbonyl (C=O) groups is 1. The van der Waals surface area contributed by atoms with Crippen LogP contribution in [0.5, 0.6) is 5.75 Å². The number of nitrogens with two attached hydrogens (primary N) is 2. The molecule has 1 saturated carbocycles. The van der Waals surface area contributed by atoms with Crippen molar-refractivity contribution in [2.45, 2.75) is 56.8 Å². The highest BCUT2D eigenvalue weighted by Crippen LogP contribution is 2.54. The molecule has 2 aromatic rings. The van der Waals surface area contributed by atoms with Gasteiger partial charge in [0.25, 0.3) is 5.91 Å². The normalized spacial score (nSPS) is 25.8. The highest BCUT2D eigenvalue weighted by atomic mass is 32.2. The summed E-state index contributed by atoms with van der Waals surface area (Å²) in [6.07, 6.45) is 7.69. The summed E-state index contributed by atoms with van der Waals surface area (Å²) in [7, 11) is 0. The van der Waals surface area contributed by atoms with Gasteiger partial charge >= 0.3 is 0 Å². The number of rotatable bonds is 2. The monoisotopic (exact) mass is 474 g/mol. The highest BCUT2D eigenvalue weighted by molar-refractivity contribution is 8.14. The largest absolute Gasteiger partial charge is 0.490 e. The van der Waals surface area contributed by atoms with Gasteiger partial charge in [-0.05, 0) is 56.9 Å². The Balaban J connectivity index is 0.000000325. The maximum Gasteiger partial charge on any atom is 0.254 e. The molecule has 1 aromatic heterocycles. The van der Waals surface area contributed by atoms with E-state index < -0.39 is 11.6 Å². The summed E-state index contributed by atoms with van der Waals surface area (Å²) < 4.78 is 32.0. The summed E-state index contributed by atoms with van der Waals surface area (Å²) in [4.78, 5) is 18.8. The molecular weight excluding hydrogens is 446 g/mol. The zero-order valence-corrected chi connectivity index (χ0v) is 19.5. The number of thioether (sulfide) groups is 1. The maximum atomic E-state index is 13.6. The van der Waals surface area contributed by atoms with Crippen molar-refractivity contribution in [3.63, 3.8) is 0 Å². The first kappa shape index (κ1) is 23.5. The Morgan fingerprint density at radius 1 is 1.21 bits per heavy atom. The van der Waals surface area contributed by atoms with Crippen LogP contribution in [0.25, 0.3) is 11.1 Å². The molecule has 1 amide bonds. The van der Waals surface area contributed by atoms with Crippen LogP contribution in [0.3, 0.4) is 0 Å². The van der Waals surface area contributed by atoms with Crippen LogP contribution >= 0.6 is 11.8 Å². The number of benzene rings is 1. The summed E-state index contributed by atoms with van der Waals surface area (Å²) in [5, 5.41) is 0.653. The number of aliphatic imine (C=N–C) groups is 1. The molecule has 9 heteroatoms. The van der Waals surface area contributed by atoms with Gasteiger partial charge in [-0.25, -0.2) is 13.8 Å². The second-order valence-electron chi connectivity index (χ2n) is 9.15. The molecule has 33 heavy (non-hydrogen) atoms. The van der Waals surface area contributed by atoms with Gasteiger partial charge in [-0.3, -0.25) is 9.78 Å². The lowest BCUT2D eigenvalue weighted by atomic mass is 9.68. The molecule has 3 atom stereocenters. The van der Waals surface area contributed by atoms with Gasteiger partial charge in [0.1, 0.15) is 23.2 Å². The minimum Gasteiger partial charge on any atom is -0.490 e. The second kappa shape index (κ2) is 8.93. The molecule has 176 valence electrons. The number of primary amides is 1. The molecule has 0 saturated heterocycles. The fourth-order valence-corrected chi connectivity index (χ4v) is 5.67. The summed E-state index contributed by atoms with van der Waals surface area (Å²) in [5.41, 5.74) is 11.2. The van der Waals surface area contributed by atoms with E-state index in [1.54, 1.807) is 18.0 Å². The quantitative estimate of drug-likeness (QED) is 0.675. The molecule has 1 aromatic carbocycles. The van der Waals surface area contributed by atoms with E-state index in [1.807, 2.05) is 12.1 Å². The first-order valence-corrected chi connectivity index (χ1v) is 12.0. The summed E-state index contributed by atoms with van der Waals surface area (Å²) in [6.45, 7) is 2.24. The topological polar surface area (TPSA) is 104 Å². The van der Waals surface area contributed by atoms with Crippen molar-refractivity contribution in [2.24, 2.45) is 22.4 Å². The Bertz CT molecular complexity index is 1090. The number of halogens is 2. The van der Waals surface area contributed by atoms with Crippen molar-refractivity contribution in [2.75, 3.05) is 5.75 Å². The molecule has 3 aliphatic rings. The molecule has 1 spiro atoms. The fourth-order valence-electron chi connectivity index (χ4n) is 4.64. The van der Waals surface area contributed by atoms with E-state index in [0.717, 1.165) is 54.9 Å². The zero-order valence-electron chi connectivity index (χ0n) is 18.7. The van der Waals surface area contributed by atoms with Gasteiger partial charge in [-0.15, -0.1) is 0 Å². The van der Waals surface area contributed by atoms with Crippen molar-refractivity contribution in [3.8, 4) is 16.9 Å². The number of nitrogens with zero attached hydrogens (tertiary/aromatic N) is 2. The second-order valence-corrected chi connectivity index (χ2v) is 10.1. The Labute approximate surface area is 196 Å². The van der Waals surface area contributed by atoms with Crippen LogP contribution in [0.2, 0.25) is 0 Å². The van der Waals surface area contributed by atoms with Crippen LogP contribution < -0.4 is 16.2 Å². The van der Waals surface area contributed by atoms with Gasteiger partial charge in [-0.1, -0.05) is 24.2 Å². The number of carbonyl (C=O) groups excluding carboxylic acids is 1. The van der Waals surface area contributed by atoms with E-state index >= 15 is 0 Å². The SMILES string of the molecule is CC(C)(F)C(N)=O.NC1=NC2(CS1)c1cc(-c3cncc(F)c3)ccc1O[C@H]1CCCCC12. The van der Waals surface area contributed by atoms with Crippen LogP contribution in [0.1, 0.15) is 45.1 Å². The minimum atomic E-state index is -1.86. The third-order valence-corrected chi connectivity index (χ3v) is 7.39. The van der Waals surface area contributed by atoms with Gasteiger partial charge in [0, 0.05) is 29.0 Å². The Kier molecular flexibility index (Phi) is 6.35. The van der Waals surface area contributed by atoms with Crippen molar-refractivity contribution >= 4 is 22.8 Å². The number of amides is 1. The number of aromatic nitrogens is 1. The average Bonchev–Trinajstić information content (AvgIpc) is 3.16. The lowest BCUT2D eigenvalue weighted by Crippen LogP contribution is -2.49. The van der Waals surface area contributed by atoms with Gasteiger partial charge in [0.2, 0.25) is 0 Å². The number of fused-ring (bicyclic) bond motifs is 4. The van der Waals surface area contributed by atoms with Crippen molar-refractivity contribution in [3.05, 3.63) is 48.0 Å². The van der Waals surface area contributed by atoms with Crippen molar-refractivity contribution < 1.29 is 18.3 Å². The maximum absolute atomic E-state index is 13.6. The minimum absolute atomic E-state index is 0.202. The molecule has 2 aliphatic heterocycles. The molecule has 2 unspecified atom stereocenters. The third kappa shape index (κ3) is 4.69. The zero-order chi connectivity index (χ0) is 23.8. The van der Waals surface area contributed by atoms with Crippen LogP contribution in [-0.4, -0.2) is 33.6 Å². The first-order valence-electron chi connectivity index (χ1n) is 11.0. The molecule has 6 nitrogen and oxygen atoms in total. The number of amidine groups is 1. The van der Waals surface area contributed by atoms with E-state index in [2.05, 4.69) is 16.8 Å². The molecule has 5 rings (SSSR count). The van der Waals surface area contributed by atoms with Gasteiger partial charge < -0.3 is 16.2 Å². The Morgan fingerprint density at radius 3 is 2.58 bits per heavy atom. The predicted molar refractivity (Wildman–Crippen MR) is 126 cm³/mol. The summed E-state index contributed by atoms with van der Waals surface area (Å²) in [6, 6.07) is 7.58. The van der Waals surface area contributed by atoms with E-state index in [1.165, 1.54) is 25.1 Å². The Hall–Kier alpha value is -2.68.